The maximum absolute atomic E-state index is 12.1. The molecule has 0 aliphatic heterocycles. The number of aliphatic hydroxyl groups excluding tert-OH is 1. The van der Waals surface area contributed by atoms with Gasteiger partial charge in [-0.3, -0.25) is 0 Å². The monoisotopic (exact) mass is 514 g/mol. The van der Waals surface area contributed by atoms with Crippen molar-refractivity contribution in [1.82, 2.24) is 4.57 Å². The molecule has 4 rings (SSSR count). The van der Waals surface area contributed by atoms with E-state index in [1.165, 1.54) is 19.2 Å². The van der Waals surface area contributed by atoms with Gasteiger partial charge in [0.1, 0.15) is 6.10 Å². The summed E-state index contributed by atoms with van der Waals surface area (Å²) in [4.78, 5) is 12.1. The zero-order valence-corrected chi connectivity index (χ0v) is 19.9. The van der Waals surface area contributed by atoms with Crippen molar-refractivity contribution in [3.8, 4) is 11.8 Å². The Bertz CT molecular complexity index is 1440. The highest BCUT2D eigenvalue weighted by Gasteiger charge is 2.26. The summed E-state index contributed by atoms with van der Waals surface area (Å²) < 4.78 is 23.2. The number of para-hydroxylation sites is 1. The van der Waals surface area contributed by atoms with E-state index in [4.69, 9.17) is 36.4 Å². The highest BCUT2D eigenvalue weighted by molar-refractivity contribution is 7.51. The van der Waals surface area contributed by atoms with E-state index in [-0.39, 0.29) is 21.2 Å². The number of halogens is 2. The summed E-state index contributed by atoms with van der Waals surface area (Å²) in [6.45, 7) is 0. The average Bonchev–Trinajstić information content (AvgIpc) is 3.23. The second-order valence-corrected chi connectivity index (χ2v) is 7.83. The standard InChI is InChI=1S/C24H16Cl2N2O3.O2S/c1-31-24(30)17-9-10-18(25)21(22(17)26)23(29)20-12-15-8-7-14(13-27)11-19(15)28(20)16-5-3-2-4-6-16;1-3-2/h2-12,23,29H,1H3;. The number of aromatic nitrogens is 1. The normalized spacial score (nSPS) is 11.1. The van der Waals surface area contributed by atoms with Crippen molar-refractivity contribution in [2.45, 2.75) is 6.10 Å². The Morgan fingerprint density at radius 3 is 2.38 bits per heavy atom. The van der Waals surface area contributed by atoms with E-state index in [0.717, 1.165) is 16.6 Å². The number of hydrogen-bond acceptors (Lipinski definition) is 6. The summed E-state index contributed by atoms with van der Waals surface area (Å²) >= 11 is 12.1. The van der Waals surface area contributed by atoms with E-state index in [2.05, 4.69) is 6.07 Å². The van der Waals surface area contributed by atoms with Crippen molar-refractivity contribution in [1.29, 1.82) is 5.26 Å². The Kier molecular flexibility index (Phi) is 8.21. The van der Waals surface area contributed by atoms with Gasteiger partial charge < -0.3 is 14.4 Å². The number of aliphatic hydroxyl groups is 1. The van der Waals surface area contributed by atoms with Crippen LogP contribution in [0.2, 0.25) is 10.0 Å². The molecular formula is C24H16Cl2N2O5S. The number of ether oxygens (including phenoxy) is 1. The van der Waals surface area contributed by atoms with Crippen LogP contribution in [0.15, 0.2) is 66.7 Å². The van der Waals surface area contributed by atoms with E-state index in [1.807, 2.05) is 47.0 Å². The van der Waals surface area contributed by atoms with E-state index in [1.54, 1.807) is 12.1 Å². The number of nitrogens with zero attached hydrogens (tertiary/aromatic N) is 2. The number of esters is 1. The van der Waals surface area contributed by atoms with E-state index >= 15 is 0 Å². The average molecular weight is 515 g/mol. The highest BCUT2D eigenvalue weighted by Crippen LogP contribution is 2.39. The van der Waals surface area contributed by atoms with Gasteiger partial charge in [0.15, 0.2) is 0 Å². The molecule has 1 atom stereocenters. The lowest BCUT2D eigenvalue weighted by molar-refractivity contribution is 0.0600. The summed E-state index contributed by atoms with van der Waals surface area (Å²) in [5, 5.41) is 21.8. The van der Waals surface area contributed by atoms with Crippen LogP contribution in [0.25, 0.3) is 16.6 Å². The first kappa shape index (κ1) is 25.1. The van der Waals surface area contributed by atoms with Gasteiger partial charge in [0.25, 0.3) is 0 Å². The smallest absolute Gasteiger partial charge is 0.339 e. The Labute approximate surface area is 208 Å². The van der Waals surface area contributed by atoms with Gasteiger partial charge in [0, 0.05) is 21.7 Å². The minimum Gasteiger partial charge on any atom is -0.465 e. The van der Waals surface area contributed by atoms with E-state index in [0.29, 0.717) is 11.3 Å². The summed E-state index contributed by atoms with van der Waals surface area (Å²) in [6.07, 6.45) is -1.25. The van der Waals surface area contributed by atoms with Gasteiger partial charge in [-0.2, -0.15) is 13.7 Å². The molecule has 7 nitrogen and oxygen atoms in total. The molecule has 0 fully saturated rings. The predicted octanol–water partition coefficient (Wildman–Crippen LogP) is 5.01. The molecule has 0 saturated heterocycles. The van der Waals surface area contributed by atoms with Gasteiger partial charge in [-0.05, 0) is 42.5 Å². The summed E-state index contributed by atoms with van der Waals surface area (Å²) in [6, 6.07) is 21.6. The van der Waals surface area contributed by atoms with Crippen molar-refractivity contribution in [3.63, 3.8) is 0 Å². The molecule has 1 N–H and O–H groups in total. The Hall–Kier alpha value is -3.48. The van der Waals surface area contributed by atoms with Crippen molar-refractivity contribution < 1.29 is 23.1 Å². The van der Waals surface area contributed by atoms with Gasteiger partial charge in [0.05, 0.1) is 40.5 Å². The van der Waals surface area contributed by atoms with Crippen LogP contribution in [-0.2, 0) is 16.3 Å². The second kappa shape index (κ2) is 11.1. The molecule has 34 heavy (non-hydrogen) atoms. The number of methoxy groups -OCH3 is 1. The first-order chi connectivity index (χ1) is 16.4. The molecule has 1 unspecified atom stereocenters. The fraction of sp³-hybridized carbons (Fsp3) is 0.0833. The van der Waals surface area contributed by atoms with E-state index in [9.17, 15) is 15.2 Å². The molecule has 0 bridgehead atoms. The number of benzene rings is 3. The van der Waals surface area contributed by atoms with Crippen molar-refractivity contribution in [2.24, 2.45) is 0 Å². The number of nitriles is 1. The van der Waals surface area contributed by atoms with Gasteiger partial charge in [-0.1, -0.05) is 47.5 Å². The molecule has 1 heterocycles. The minimum atomic E-state index is -1.25. The van der Waals surface area contributed by atoms with Crippen LogP contribution in [0, 0.1) is 11.3 Å². The molecule has 4 aromatic rings. The molecule has 0 spiro atoms. The lowest BCUT2D eigenvalue weighted by Crippen LogP contribution is -2.11. The Morgan fingerprint density at radius 1 is 1.09 bits per heavy atom. The number of hydrogen-bond donors (Lipinski definition) is 1. The lowest BCUT2D eigenvalue weighted by Gasteiger charge is -2.19. The zero-order valence-electron chi connectivity index (χ0n) is 17.6. The largest absolute Gasteiger partial charge is 0.465 e. The van der Waals surface area contributed by atoms with Crippen LogP contribution >= 0.6 is 23.2 Å². The summed E-state index contributed by atoms with van der Waals surface area (Å²) in [5.74, 6) is -0.627. The van der Waals surface area contributed by atoms with Gasteiger partial charge >= 0.3 is 17.5 Å². The molecule has 1 aromatic heterocycles. The number of carbonyl (C=O) groups is 1. The highest BCUT2D eigenvalue weighted by atomic mass is 35.5. The SMILES string of the molecule is COC(=O)c1ccc(Cl)c(C(O)c2cc3ccc(C#N)cc3n2-c2ccccc2)c1Cl.O=S=O. The molecule has 10 heteroatoms. The molecule has 0 saturated carbocycles. The Morgan fingerprint density at radius 2 is 1.76 bits per heavy atom. The van der Waals surface area contributed by atoms with Crippen LogP contribution in [0.1, 0.15) is 33.3 Å². The summed E-state index contributed by atoms with van der Waals surface area (Å²) in [5.41, 5.74) is 2.83. The Balaban J connectivity index is 0.00000103. The maximum Gasteiger partial charge on any atom is 0.339 e. The molecule has 0 radical (unpaired) electrons. The third-order valence-electron chi connectivity index (χ3n) is 5.06. The zero-order chi connectivity index (χ0) is 24.8. The van der Waals surface area contributed by atoms with Crippen LogP contribution in [-0.4, -0.2) is 31.2 Å². The fourth-order valence-corrected chi connectivity index (χ4v) is 4.25. The van der Waals surface area contributed by atoms with Crippen LogP contribution in [0.4, 0.5) is 0 Å². The number of carbonyl (C=O) groups excluding carboxylic acids is 1. The van der Waals surface area contributed by atoms with Crippen LogP contribution < -0.4 is 0 Å². The maximum atomic E-state index is 12.1. The lowest BCUT2D eigenvalue weighted by atomic mass is 10.0. The van der Waals surface area contributed by atoms with Crippen molar-refractivity contribution >= 4 is 51.6 Å². The van der Waals surface area contributed by atoms with Gasteiger partial charge in [0.2, 0.25) is 0 Å². The molecule has 172 valence electrons. The number of fused-ring (bicyclic) bond motifs is 1. The molecule has 0 aliphatic rings. The van der Waals surface area contributed by atoms with Gasteiger partial charge in [-0.15, -0.1) is 0 Å². The number of rotatable bonds is 4. The minimum absolute atomic E-state index is 0.0226. The van der Waals surface area contributed by atoms with Crippen LogP contribution in [0.5, 0.6) is 0 Å². The molecule has 0 amide bonds. The van der Waals surface area contributed by atoms with Crippen LogP contribution in [0.3, 0.4) is 0 Å². The molecule has 3 aromatic carbocycles. The molecule has 0 aliphatic carbocycles. The molecular weight excluding hydrogens is 499 g/mol. The van der Waals surface area contributed by atoms with E-state index < -0.39 is 23.6 Å². The summed E-state index contributed by atoms with van der Waals surface area (Å²) in [7, 11) is 1.25. The van der Waals surface area contributed by atoms with Crippen molar-refractivity contribution in [3.05, 3.63) is 99.2 Å². The second-order valence-electron chi connectivity index (χ2n) is 6.91. The predicted molar refractivity (Wildman–Crippen MR) is 129 cm³/mol. The first-order valence-electron chi connectivity index (χ1n) is 9.64. The fourth-order valence-electron chi connectivity index (χ4n) is 3.59. The van der Waals surface area contributed by atoms with Crippen molar-refractivity contribution in [2.75, 3.05) is 7.11 Å². The topological polar surface area (TPSA) is 109 Å². The third kappa shape index (κ3) is 4.88. The quantitative estimate of drug-likeness (QED) is 0.383. The first-order valence-corrected chi connectivity index (χ1v) is 11.1. The third-order valence-corrected chi connectivity index (χ3v) is 5.80. The van der Waals surface area contributed by atoms with Gasteiger partial charge in [-0.25, -0.2) is 4.79 Å².